The number of sulfonamides is 1. The number of nitrogens with zero attached hydrogens (tertiary/aromatic N) is 2. The van der Waals surface area contributed by atoms with E-state index in [9.17, 15) is 17.2 Å². The van der Waals surface area contributed by atoms with Gasteiger partial charge in [0, 0.05) is 44.2 Å². The molecule has 0 aromatic heterocycles. The minimum Gasteiger partial charge on any atom is -0.300 e. The zero-order chi connectivity index (χ0) is 19.6. The van der Waals surface area contributed by atoms with Crippen LogP contribution in [0.1, 0.15) is 18.4 Å². The van der Waals surface area contributed by atoms with E-state index >= 15 is 0 Å². The third-order valence-electron chi connectivity index (χ3n) is 5.09. The number of hydrogen-bond acceptors (Lipinski definition) is 3. The maximum absolute atomic E-state index is 13.8. The quantitative estimate of drug-likeness (QED) is 0.731. The molecular weight excluding hydrogens is 394 g/mol. The molecule has 1 heterocycles. The summed E-state index contributed by atoms with van der Waals surface area (Å²) in [5.41, 5.74) is 1.09. The van der Waals surface area contributed by atoms with Crippen LogP contribution in [0.4, 0.5) is 8.78 Å². The van der Waals surface area contributed by atoms with Crippen LogP contribution in [0.2, 0.25) is 5.02 Å². The standard InChI is InChI=1S/C19H23ClF2N2O2S/c1-14-17(20)3-2-4-19(14)27(25,26)24-11-9-23(10-12-24)8-7-15-5-6-16(21)13-18(15)22/h2-6,16H,7-13H2,1H3. The maximum atomic E-state index is 13.8. The number of piperazine rings is 1. The Labute approximate surface area is 164 Å². The van der Waals surface area contributed by atoms with Crippen LogP contribution in [0.5, 0.6) is 0 Å². The topological polar surface area (TPSA) is 40.6 Å². The molecule has 1 aliphatic heterocycles. The summed E-state index contributed by atoms with van der Waals surface area (Å²) in [6.45, 7) is 4.21. The molecule has 1 aliphatic carbocycles. The molecule has 0 saturated carbocycles. The van der Waals surface area contributed by atoms with Crippen LogP contribution in [-0.2, 0) is 10.0 Å². The fraction of sp³-hybridized carbons (Fsp3) is 0.474. The SMILES string of the molecule is Cc1c(Cl)cccc1S(=O)(=O)N1CCN(CCC2=C(F)CC(F)C=C2)CC1. The summed E-state index contributed by atoms with van der Waals surface area (Å²) in [5.74, 6) is -0.386. The maximum Gasteiger partial charge on any atom is 0.243 e. The van der Waals surface area contributed by atoms with Crippen molar-refractivity contribution < 1.29 is 17.2 Å². The van der Waals surface area contributed by atoms with E-state index in [-0.39, 0.29) is 17.1 Å². The average Bonchev–Trinajstić information content (AvgIpc) is 2.63. The zero-order valence-corrected chi connectivity index (χ0v) is 16.7. The summed E-state index contributed by atoms with van der Waals surface area (Å²) >= 11 is 6.06. The van der Waals surface area contributed by atoms with Crippen LogP contribution < -0.4 is 0 Å². The summed E-state index contributed by atoms with van der Waals surface area (Å²) in [6.07, 6.45) is 1.98. The Balaban J connectivity index is 1.58. The molecule has 1 fully saturated rings. The van der Waals surface area contributed by atoms with Crippen molar-refractivity contribution >= 4 is 21.6 Å². The van der Waals surface area contributed by atoms with Gasteiger partial charge in [-0.3, -0.25) is 0 Å². The largest absolute Gasteiger partial charge is 0.300 e. The smallest absolute Gasteiger partial charge is 0.243 e. The number of hydrogen-bond donors (Lipinski definition) is 0. The van der Waals surface area contributed by atoms with Gasteiger partial charge in [-0.1, -0.05) is 23.7 Å². The molecule has 8 heteroatoms. The van der Waals surface area contributed by atoms with Crippen LogP contribution in [0.15, 0.2) is 46.6 Å². The van der Waals surface area contributed by atoms with Crippen LogP contribution in [0.3, 0.4) is 0 Å². The third-order valence-corrected chi connectivity index (χ3v) is 7.55. The fourth-order valence-electron chi connectivity index (χ4n) is 3.38. The zero-order valence-electron chi connectivity index (χ0n) is 15.2. The van der Waals surface area contributed by atoms with Crippen molar-refractivity contribution in [3.8, 4) is 0 Å². The van der Waals surface area contributed by atoms with E-state index in [1.165, 1.54) is 16.5 Å². The second kappa shape index (κ2) is 8.39. The highest BCUT2D eigenvalue weighted by Crippen LogP contribution is 2.27. The van der Waals surface area contributed by atoms with Gasteiger partial charge in [-0.25, -0.2) is 17.2 Å². The first-order valence-electron chi connectivity index (χ1n) is 8.96. The molecule has 4 nitrogen and oxygen atoms in total. The summed E-state index contributed by atoms with van der Waals surface area (Å²) in [4.78, 5) is 2.34. The van der Waals surface area contributed by atoms with E-state index in [1.54, 1.807) is 25.1 Å². The van der Waals surface area contributed by atoms with Gasteiger partial charge in [-0.15, -0.1) is 0 Å². The summed E-state index contributed by atoms with van der Waals surface area (Å²) in [7, 11) is -3.59. The Morgan fingerprint density at radius 1 is 1.22 bits per heavy atom. The highest BCUT2D eigenvalue weighted by atomic mass is 35.5. The van der Waals surface area contributed by atoms with Gasteiger partial charge in [-0.05, 0) is 42.7 Å². The Bertz CT molecular complexity index is 862. The highest BCUT2D eigenvalue weighted by molar-refractivity contribution is 7.89. The molecule has 0 amide bonds. The monoisotopic (exact) mass is 416 g/mol. The van der Waals surface area contributed by atoms with E-state index < -0.39 is 16.2 Å². The normalized spacial score (nSPS) is 22.4. The Hall–Kier alpha value is -1.28. The van der Waals surface area contributed by atoms with Crippen LogP contribution >= 0.6 is 11.6 Å². The molecule has 0 spiro atoms. The van der Waals surface area contributed by atoms with Gasteiger partial charge in [0.25, 0.3) is 0 Å². The Morgan fingerprint density at radius 3 is 2.59 bits per heavy atom. The minimum absolute atomic E-state index is 0.184. The van der Waals surface area contributed by atoms with Gasteiger partial charge >= 0.3 is 0 Å². The second-order valence-electron chi connectivity index (χ2n) is 6.87. The highest BCUT2D eigenvalue weighted by Gasteiger charge is 2.30. The number of benzene rings is 1. The molecule has 1 aromatic rings. The first kappa shape index (κ1) is 20.5. The number of rotatable bonds is 5. The van der Waals surface area contributed by atoms with Gasteiger partial charge in [-0.2, -0.15) is 4.31 Å². The number of halogens is 3. The first-order valence-corrected chi connectivity index (χ1v) is 10.8. The van der Waals surface area contributed by atoms with E-state index in [1.807, 2.05) is 0 Å². The average molecular weight is 417 g/mol. The van der Waals surface area contributed by atoms with Gasteiger partial charge in [0.1, 0.15) is 12.0 Å². The molecule has 148 valence electrons. The molecule has 2 aliphatic rings. The molecule has 27 heavy (non-hydrogen) atoms. The van der Waals surface area contributed by atoms with Crippen molar-refractivity contribution in [3.05, 3.63) is 52.3 Å². The lowest BCUT2D eigenvalue weighted by Gasteiger charge is -2.34. The molecule has 1 unspecified atom stereocenters. The molecular formula is C19H23ClF2N2O2S. The van der Waals surface area contributed by atoms with Crippen molar-refractivity contribution in [1.82, 2.24) is 9.21 Å². The molecule has 1 aromatic carbocycles. The lowest BCUT2D eigenvalue weighted by Crippen LogP contribution is -2.48. The summed E-state index contributed by atoms with van der Waals surface area (Å²) < 4.78 is 54.2. The predicted molar refractivity (Wildman–Crippen MR) is 103 cm³/mol. The van der Waals surface area contributed by atoms with Crippen molar-refractivity contribution in [2.24, 2.45) is 0 Å². The number of alkyl halides is 1. The van der Waals surface area contributed by atoms with Crippen LogP contribution in [-0.4, -0.2) is 56.5 Å². The van der Waals surface area contributed by atoms with E-state index in [0.717, 1.165) is 0 Å². The second-order valence-corrected chi connectivity index (χ2v) is 9.18. The predicted octanol–water partition coefficient (Wildman–Crippen LogP) is 3.87. The van der Waals surface area contributed by atoms with Gasteiger partial charge in [0.05, 0.1) is 4.90 Å². The molecule has 3 rings (SSSR count). The van der Waals surface area contributed by atoms with E-state index in [0.29, 0.717) is 55.3 Å². The van der Waals surface area contributed by atoms with Gasteiger partial charge in [0.15, 0.2) is 0 Å². The van der Waals surface area contributed by atoms with Crippen LogP contribution in [0, 0.1) is 6.92 Å². The first-order chi connectivity index (χ1) is 12.8. The van der Waals surface area contributed by atoms with E-state index in [4.69, 9.17) is 11.6 Å². The third kappa shape index (κ3) is 4.59. The lowest BCUT2D eigenvalue weighted by molar-refractivity contribution is 0.190. The van der Waals surface area contributed by atoms with Crippen molar-refractivity contribution in [2.75, 3.05) is 32.7 Å². The van der Waals surface area contributed by atoms with Crippen molar-refractivity contribution in [3.63, 3.8) is 0 Å². The molecule has 1 atom stereocenters. The molecule has 0 radical (unpaired) electrons. The van der Waals surface area contributed by atoms with Gasteiger partial charge < -0.3 is 4.90 Å². The summed E-state index contributed by atoms with van der Waals surface area (Å²) in [6, 6.07) is 4.89. The molecule has 0 N–H and O–H groups in total. The summed E-state index contributed by atoms with van der Waals surface area (Å²) in [5, 5.41) is 0.432. The molecule has 0 bridgehead atoms. The van der Waals surface area contributed by atoms with Crippen LogP contribution in [0.25, 0.3) is 0 Å². The van der Waals surface area contributed by atoms with Crippen molar-refractivity contribution in [1.29, 1.82) is 0 Å². The van der Waals surface area contributed by atoms with Gasteiger partial charge in [0.2, 0.25) is 10.0 Å². The minimum atomic E-state index is -3.59. The van der Waals surface area contributed by atoms with Crippen molar-refractivity contribution in [2.45, 2.75) is 30.8 Å². The fourth-order valence-corrected chi connectivity index (χ4v) is 5.28. The molecule has 1 saturated heterocycles. The lowest BCUT2D eigenvalue weighted by atomic mass is 10.0. The Morgan fingerprint density at radius 2 is 1.93 bits per heavy atom. The van der Waals surface area contributed by atoms with E-state index in [2.05, 4.69) is 4.90 Å². The Kier molecular flexibility index (Phi) is 6.35. The number of allylic oxidation sites excluding steroid dienone is 3.